The molecule has 3 rings (SSSR count). The van der Waals surface area contributed by atoms with Gasteiger partial charge in [-0.05, 0) is 38.9 Å². The van der Waals surface area contributed by atoms with Gasteiger partial charge in [0.1, 0.15) is 0 Å². The van der Waals surface area contributed by atoms with Gasteiger partial charge < -0.3 is 14.9 Å². The lowest BCUT2D eigenvalue weighted by Gasteiger charge is -2.07. The summed E-state index contributed by atoms with van der Waals surface area (Å²) < 4.78 is 6.90. The topological polar surface area (TPSA) is 109 Å². The Morgan fingerprint density at radius 1 is 1.47 bits per heavy atom. The standard InChI is InChI=1S/C10H10N6O3/c17-16(18)9-3-1-2-8(11-9)10-12-13-14-15(10)7-4-5-19-6-7/h1-3,7H,4-6H2/t7-/m0/s1. The first kappa shape index (κ1) is 11.7. The Hall–Kier alpha value is -2.42. The van der Waals surface area contributed by atoms with Gasteiger partial charge in [0, 0.05) is 12.7 Å². The maximum atomic E-state index is 10.7. The Morgan fingerprint density at radius 2 is 2.37 bits per heavy atom. The number of ether oxygens (including phenoxy) is 1. The smallest absolute Gasteiger partial charge is 0.364 e. The zero-order valence-electron chi connectivity index (χ0n) is 9.84. The number of pyridine rings is 1. The third-order valence-electron chi connectivity index (χ3n) is 2.89. The van der Waals surface area contributed by atoms with Crippen molar-refractivity contribution in [3.8, 4) is 11.5 Å². The van der Waals surface area contributed by atoms with Crippen LogP contribution >= 0.6 is 0 Å². The number of hydrogen-bond donors (Lipinski definition) is 0. The molecule has 9 heteroatoms. The normalized spacial score (nSPS) is 18.6. The highest BCUT2D eigenvalue weighted by Gasteiger charge is 2.25. The fourth-order valence-corrected chi connectivity index (χ4v) is 1.97. The lowest BCUT2D eigenvalue weighted by Crippen LogP contribution is -2.12. The molecule has 0 saturated carbocycles. The SMILES string of the molecule is O=[N+]([O-])c1cccc(-c2nnnn2[C@H]2CCOC2)n1. The highest BCUT2D eigenvalue weighted by Crippen LogP contribution is 2.24. The number of nitrogens with zero attached hydrogens (tertiary/aromatic N) is 6. The average Bonchev–Trinajstić information content (AvgIpc) is 3.09. The highest BCUT2D eigenvalue weighted by atomic mass is 16.6. The van der Waals surface area contributed by atoms with Crippen molar-refractivity contribution < 1.29 is 9.66 Å². The van der Waals surface area contributed by atoms with Gasteiger partial charge in [-0.25, -0.2) is 4.68 Å². The molecule has 0 aliphatic carbocycles. The molecule has 98 valence electrons. The van der Waals surface area contributed by atoms with Crippen molar-refractivity contribution in [3.63, 3.8) is 0 Å². The van der Waals surface area contributed by atoms with E-state index < -0.39 is 4.92 Å². The van der Waals surface area contributed by atoms with Crippen LogP contribution < -0.4 is 0 Å². The van der Waals surface area contributed by atoms with Gasteiger partial charge in [-0.2, -0.15) is 0 Å². The minimum Gasteiger partial charge on any atom is -0.379 e. The summed E-state index contributed by atoms with van der Waals surface area (Å²) in [5.74, 6) is 0.189. The van der Waals surface area contributed by atoms with Crippen molar-refractivity contribution in [2.45, 2.75) is 12.5 Å². The van der Waals surface area contributed by atoms with Crippen molar-refractivity contribution >= 4 is 5.82 Å². The van der Waals surface area contributed by atoms with Crippen molar-refractivity contribution in [1.82, 2.24) is 25.2 Å². The summed E-state index contributed by atoms with van der Waals surface area (Å²) in [6.45, 7) is 1.19. The monoisotopic (exact) mass is 262 g/mol. The number of aromatic nitrogens is 5. The second kappa shape index (κ2) is 4.69. The first-order valence-electron chi connectivity index (χ1n) is 5.73. The molecule has 2 aromatic rings. The zero-order chi connectivity index (χ0) is 13.2. The predicted molar refractivity (Wildman–Crippen MR) is 62.2 cm³/mol. The van der Waals surface area contributed by atoms with E-state index in [0.29, 0.717) is 24.7 Å². The Balaban J connectivity index is 2.00. The van der Waals surface area contributed by atoms with E-state index in [0.717, 1.165) is 6.42 Å². The maximum absolute atomic E-state index is 10.7. The summed E-state index contributed by atoms with van der Waals surface area (Å²) in [5.41, 5.74) is 0.381. The van der Waals surface area contributed by atoms with E-state index >= 15 is 0 Å². The molecular weight excluding hydrogens is 252 g/mol. The molecule has 0 amide bonds. The Kier molecular flexibility index (Phi) is 2.88. The van der Waals surface area contributed by atoms with Crippen molar-refractivity contribution in [3.05, 3.63) is 28.3 Å². The lowest BCUT2D eigenvalue weighted by molar-refractivity contribution is -0.389. The van der Waals surface area contributed by atoms with E-state index in [1.807, 2.05) is 0 Å². The summed E-state index contributed by atoms with van der Waals surface area (Å²) in [6, 6.07) is 4.58. The van der Waals surface area contributed by atoms with Crippen LogP contribution in [0.3, 0.4) is 0 Å². The minimum atomic E-state index is -0.545. The molecule has 0 radical (unpaired) electrons. The molecule has 0 unspecified atom stereocenters. The summed E-state index contributed by atoms with van der Waals surface area (Å²) in [4.78, 5) is 14.1. The van der Waals surface area contributed by atoms with Crippen LogP contribution in [0.5, 0.6) is 0 Å². The van der Waals surface area contributed by atoms with Crippen LogP contribution in [0.1, 0.15) is 12.5 Å². The second-order valence-corrected chi connectivity index (χ2v) is 4.10. The van der Waals surface area contributed by atoms with Crippen molar-refractivity contribution in [2.24, 2.45) is 0 Å². The predicted octanol–water partition coefficient (Wildman–Crippen LogP) is 0.605. The van der Waals surface area contributed by atoms with Crippen LogP contribution in [-0.2, 0) is 4.74 Å². The van der Waals surface area contributed by atoms with Crippen molar-refractivity contribution in [2.75, 3.05) is 13.2 Å². The fraction of sp³-hybridized carbons (Fsp3) is 0.400. The van der Waals surface area contributed by atoms with E-state index in [9.17, 15) is 10.1 Å². The van der Waals surface area contributed by atoms with E-state index in [4.69, 9.17) is 4.74 Å². The van der Waals surface area contributed by atoms with Crippen LogP contribution in [0.4, 0.5) is 5.82 Å². The molecule has 1 aliphatic rings. The molecule has 0 aromatic carbocycles. The Bertz CT molecular complexity index is 607. The third-order valence-corrected chi connectivity index (χ3v) is 2.89. The van der Waals surface area contributed by atoms with Crippen molar-refractivity contribution in [1.29, 1.82) is 0 Å². The third kappa shape index (κ3) is 2.15. The molecule has 9 nitrogen and oxygen atoms in total. The van der Waals surface area contributed by atoms with Crippen LogP contribution in [0.2, 0.25) is 0 Å². The number of tetrazole rings is 1. The van der Waals surface area contributed by atoms with E-state index in [2.05, 4.69) is 20.5 Å². The molecule has 1 atom stereocenters. The molecule has 0 spiro atoms. The Labute approximate surface area is 107 Å². The van der Waals surface area contributed by atoms with Gasteiger partial charge >= 0.3 is 5.82 Å². The lowest BCUT2D eigenvalue weighted by atomic mass is 10.2. The van der Waals surface area contributed by atoms with Gasteiger partial charge in [0.15, 0.2) is 0 Å². The molecule has 1 aliphatic heterocycles. The summed E-state index contributed by atoms with van der Waals surface area (Å²) in [5, 5.41) is 22.2. The molecule has 1 saturated heterocycles. The van der Waals surface area contributed by atoms with Crippen LogP contribution in [0.15, 0.2) is 18.2 Å². The zero-order valence-corrected chi connectivity index (χ0v) is 9.84. The van der Waals surface area contributed by atoms with Crippen LogP contribution in [0.25, 0.3) is 11.5 Å². The number of hydrogen-bond acceptors (Lipinski definition) is 7. The van der Waals surface area contributed by atoms with Gasteiger partial charge in [0.25, 0.3) is 0 Å². The van der Waals surface area contributed by atoms with Gasteiger partial charge in [-0.1, -0.05) is 0 Å². The van der Waals surface area contributed by atoms with E-state index in [-0.39, 0.29) is 11.9 Å². The minimum absolute atomic E-state index is 0.0473. The van der Waals surface area contributed by atoms with Crippen LogP contribution in [-0.4, -0.2) is 43.3 Å². The molecular formula is C10H10N6O3. The molecule has 0 N–H and O–H groups in total. The second-order valence-electron chi connectivity index (χ2n) is 4.10. The molecule has 1 fully saturated rings. The summed E-state index contributed by atoms with van der Waals surface area (Å²) in [7, 11) is 0. The quantitative estimate of drug-likeness (QED) is 0.588. The van der Waals surface area contributed by atoms with Gasteiger partial charge in [-0.3, -0.25) is 0 Å². The summed E-state index contributed by atoms with van der Waals surface area (Å²) in [6.07, 6.45) is 0.812. The number of nitro groups is 1. The number of rotatable bonds is 3. The highest BCUT2D eigenvalue weighted by molar-refractivity contribution is 5.50. The maximum Gasteiger partial charge on any atom is 0.364 e. The average molecular weight is 262 g/mol. The first-order valence-corrected chi connectivity index (χ1v) is 5.73. The molecule has 2 aromatic heterocycles. The van der Waals surface area contributed by atoms with Gasteiger partial charge in [0.2, 0.25) is 11.5 Å². The van der Waals surface area contributed by atoms with Gasteiger partial charge in [0.05, 0.1) is 12.6 Å². The fourth-order valence-electron chi connectivity index (χ4n) is 1.97. The van der Waals surface area contributed by atoms with E-state index in [1.54, 1.807) is 16.8 Å². The summed E-state index contributed by atoms with van der Waals surface area (Å²) >= 11 is 0. The van der Waals surface area contributed by atoms with Crippen LogP contribution in [0, 0.1) is 10.1 Å². The van der Waals surface area contributed by atoms with E-state index in [1.165, 1.54) is 6.07 Å². The first-order chi connectivity index (χ1) is 9.25. The Morgan fingerprint density at radius 3 is 3.11 bits per heavy atom. The molecule has 3 heterocycles. The molecule has 19 heavy (non-hydrogen) atoms. The van der Waals surface area contributed by atoms with Gasteiger partial charge in [-0.15, -0.1) is 5.10 Å². The molecule has 0 bridgehead atoms. The largest absolute Gasteiger partial charge is 0.379 e.